The van der Waals surface area contributed by atoms with Crippen molar-refractivity contribution in [2.45, 2.75) is 6.42 Å². The molecular weight excluding hydrogens is 248 g/mol. The number of H-pyrrole nitrogens is 3. The predicted molar refractivity (Wildman–Crippen MR) is 68.8 cm³/mol. The van der Waals surface area contributed by atoms with Gasteiger partial charge in [0.1, 0.15) is 5.82 Å². The Kier molecular flexibility index (Phi) is 2.41. The lowest BCUT2D eigenvalue weighted by molar-refractivity contribution is 1.00. The molecule has 0 spiro atoms. The lowest BCUT2D eigenvalue weighted by atomic mass is 10.2. The Morgan fingerprint density at radius 2 is 2.00 bits per heavy atom. The van der Waals surface area contributed by atoms with Crippen LogP contribution in [0.3, 0.4) is 0 Å². The third-order valence-corrected chi connectivity index (χ3v) is 2.69. The van der Waals surface area contributed by atoms with Gasteiger partial charge in [-0.3, -0.25) is 14.6 Å². The van der Waals surface area contributed by atoms with Crippen LogP contribution >= 0.6 is 0 Å². The number of aromatic nitrogens is 5. The number of rotatable bonds is 2. The van der Waals surface area contributed by atoms with Crippen LogP contribution in [-0.4, -0.2) is 24.9 Å². The predicted octanol–water partition coefficient (Wildman–Crippen LogP) is -0.492. The van der Waals surface area contributed by atoms with Gasteiger partial charge in [-0.1, -0.05) is 6.07 Å². The molecule has 0 bridgehead atoms. The topological polar surface area (TPSA) is 133 Å². The molecule has 0 radical (unpaired) electrons. The van der Waals surface area contributed by atoms with Crippen molar-refractivity contribution in [3.63, 3.8) is 0 Å². The van der Waals surface area contributed by atoms with Crippen LogP contribution in [0.4, 0.5) is 5.95 Å². The van der Waals surface area contributed by atoms with Crippen molar-refractivity contribution in [1.82, 2.24) is 24.9 Å². The van der Waals surface area contributed by atoms with Gasteiger partial charge in [-0.25, -0.2) is 4.98 Å². The van der Waals surface area contributed by atoms with Gasteiger partial charge >= 0.3 is 0 Å². The molecule has 96 valence electrons. The minimum atomic E-state index is -0.386. The molecule has 0 aliphatic carbocycles. The van der Waals surface area contributed by atoms with E-state index in [0.29, 0.717) is 11.4 Å². The fraction of sp³-hybridized carbons (Fsp3) is 0.0909. The molecule has 8 nitrogen and oxygen atoms in total. The summed E-state index contributed by atoms with van der Waals surface area (Å²) in [6.45, 7) is 0. The molecule has 8 heteroatoms. The Morgan fingerprint density at radius 1 is 1.16 bits per heavy atom. The highest BCUT2D eigenvalue weighted by Gasteiger charge is 2.10. The number of pyridine rings is 1. The highest BCUT2D eigenvalue weighted by Crippen LogP contribution is 2.07. The highest BCUT2D eigenvalue weighted by atomic mass is 16.1. The molecule has 0 saturated carbocycles. The summed E-state index contributed by atoms with van der Waals surface area (Å²) < 4.78 is 0. The molecule has 19 heavy (non-hydrogen) atoms. The summed E-state index contributed by atoms with van der Waals surface area (Å²) in [7, 11) is 0. The second-order valence-corrected chi connectivity index (χ2v) is 4.03. The summed E-state index contributed by atoms with van der Waals surface area (Å²) in [5.41, 5.74) is 5.89. The van der Waals surface area contributed by atoms with E-state index in [1.165, 1.54) is 0 Å². The normalized spacial score (nSPS) is 10.9. The molecule has 0 aromatic carbocycles. The zero-order chi connectivity index (χ0) is 13.4. The number of anilines is 1. The summed E-state index contributed by atoms with van der Waals surface area (Å²) in [6, 6.07) is 3.42. The van der Waals surface area contributed by atoms with Crippen molar-refractivity contribution in [2.24, 2.45) is 0 Å². The molecule has 5 N–H and O–H groups in total. The number of aromatic amines is 3. The van der Waals surface area contributed by atoms with Crippen LogP contribution in [-0.2, 0) is 6.42 Å². The van der Waals surface area contributed by atoms with Gasteiger partial charge in [0.15, 0.2) is 11.2 Å². The molecular formula is C11H10N6O2. The molecule has 0 saturated heterocycles. The van der Waals surface area contributed by atoms with Crippen molar-refractivity contribution in [2.75, 3.05) is 5.73 Å². The van der Waals surface area contributed by atoms with Crippen LogP contribution in [0.1, 0.15) is 11.4 Å². The van der Waals surface area contributed by atoms with Gasteiger partial charge in [-0.2, -0.15) is 4.98 Å². The lowest BCUT2D eigenvalue weighted by Crippen LogP contribution is -2.12. The summed E-state index contributed by atoms with van der Waals surface area (Å²) in [6.07, 6.45) is 1.84. The van der Waals surface area contributed by atoms with Crippen LogP contribution in [0.25, 0.3) is 11.2 Å². The van der Waals surface area contributed by atoms with E-state index in [1.54, 1.807) is 18.3 Å². The van der Waals surface area contributed by atoms with Crippen LogP contribution < -0.4 is 16.9 Å². The first-order chi connectivity index (χ1) is 9.13. The molecule has 3 rings (SSSR count). The number of nitrogens with two attached hydrogens (primary N) is 1. The lowest BCUT2D eigenvalue weighted by Gasteiger charge is -1.95. The Balaban J connectivity index is 2.08. The fourth-order valence-electron chi connectivity index (χ4n) is 1.83. The fourth-order valence-corrected chi connectivity index (χ4v) is 1.83. The first kappa shape index (κ1) is 11.2. The van der Waals surface area contributed by atoms with E-state index in [1.807, 2.05) is 0 Å². The molecule has 0 aliphatic heterocycles. The second-order valence-electron chi connectivity index (χ2n) is 4.03. The average Bonchev–Trinajstić information content (AvgIpc) is 2.75. The van der Waals surface area contributed by atoms with Crippen molar-refractivity contribution in [3.8, 4) is 0 Å². The van der Waals surface area contributed by atoms with Gasteiger partial charge in [0, 0.05) is 18.2 Å². The number of imidazole rings is 1. The smallest absolute Gasteiger partial charge is 0.278 e. The maximum atomic E-state index is 11.6. The van der Waals surface area contributed by atoms with Crippen LogP contribution in [0.2, 0.25) is 0 Å². The molecule has 3 aromatic heterocycles. The van der Waals surface area contributed by atoms with Gasteiger partial charge in [-0.15, -0.1) is 0 Å². The largest absolute Gasteiger partial charge is 0.369 e. The third-order valence-electron chi connectivity index (χ3n) is 2.69. The van der Waals surface area contributed by atoms with Crippen molar-refractivity contribution < 1.29 is 0 Å². The van der Waals surface area contributed by atoms with Gasteiger partial charge in [0.2, 0.25) is 5.95 Å². The molecule has 3 heterocycles. The van der Waals surface area contributed by atoms with Gasteiger partial charge in [0.05, 0.1) is 0 Å². The van der Waals surface area contributed by atoms with E-state index in [-0.39, 0.29) is 34.7 Å². The molecule has 0 aliphatic rings. The third kappa shape index (κ3) is 1.99. The average molecular weight is 258 g/mol. The van der Waals surface area contributed by atoms with Crippen molar-refractivity contribution >= 4 is 17.1 Å². The SMILES string of the molecule is Nc1nc2nc(Cc3ccc[nH]c3=O)[nH]c2c(=O)[nH]1. The Hall–Kier alpha value is -2.90. The van der Waals surface area contributed by atoms with E-state index in [2.05, 4.69) is 24.9 Å². The number of hydrogen-bond acceptors (Lipinski definition) is 5. The number of nitrogens with one attached hydrogen (secondary N) is 3. The minimum Gasteiger partial charge on any atom is -0.369 e. The number of nitrogen functional groups attached to an aromatic ring is 1. The molecule has 0 unspecified atom stereocenters. The van der Waals surface area contributed by atoms with E-state index in [4.69, 9.17) is 5.73 Å². The number of fused-ring (bicyclic) bond motifs is 1. The van der Waals surface area contributed by atoms with E-state index in [9.17, 15) is 9.59 Å². The zero-order valence-electron chi connectivity index (χ0n) is 9.73. The maximum absolute atomic E-state index is 11.6. The Labute approximate surface area is 105 Å². The quantitative estimate of drug-likeness (QED) is 0.492. The second kappa shape index (κ2) is 4.09. The maximum Gasteiger partial charge on any atom is 0.278 e. The zero-order valence-corrected chi connectivity index (χ0v) is 9.73. The summed E-state index contributed by atoms with van der Waals surface area (Å²) in [4.78, 5) is 39.0. The summed E-state index contributed by atoms with van der Waals surface area (Å²) in [5, 5.41) is 0. The molecule has 0 amide bonds. The van der Waals surface area contributed by atoms with Gasteiger partial charge < -0.3 is 15.7 Å². The van der Waals surface area contributed by atoms with Crippen LogP contribution in [0, 0.1) is 0 Å². The molecule has 3 aromatic rings. The van der Waals surface area contributed by atoms with E-state index >= 15 is 0 Å². The van der Waals surface area contributed by atoms with Gasteiger partial charge in [0.25, 0.3) is 11.1 Å². The Bertz CT molecular complexity index is 859. The first-order valence-corrected chi connectivity index (χ1v) is 5.54. The Morgan fingerprint density at radius 3 is 2.79 bits per heavy atom. The molecule has 0 atom stereocenters. The standard InChI is InChI=1S/C11H10N6O2/c12-11-16-8-7(10(19)17-11)14-6(15-8)4-5-2-1-3-13-9(5)18/h1-3H,4H2,(H,13,18)(H4,12,14,15,16,17,19). The number of hydrogen-bond donors (Lipinski definition) is 4. The summed E-state index contributed by atoms with van der Waals surface area (Å²) in [5.74, 6) is 0.489. The van der Waals surface area contributed by atoms with Crippen LogP contribution in [0.5, 0.6) is 0 Å². The first-order valence-electron chi connectivity index (χ1n) is 5.54. The minimum absolute atomic E-state index is 0.00751. The summed E-state index contributed by atoms with van der Waals surface area (Å²) >= 11 is 0. The van der Waals surface area contributed by atoms with Gasteiger partial charge in [-0.05, 0) is 6.07 Å². The van der Waals surface area contributed by atoms with Crippen LogP contribution in [0.15, 0.2) is 27.9 Å². The monoisotopic (exact) mass is 258 g/mol. The van der Waals surface area contributed by atoms with E-state index in [0.717, 1.165) is 0 Å². The molecule has 0 fully saturated rings. The van der Waals surface area contributed by atoms with E-state index < -0.39 is 0 Å². The van der Waals surface area contributed by atoms with Crippen molar-refractivity contribution in [1.29, 1.82) is 0 Å². The van der Waals surface area contributed by atoms with Crippen molar-refractivity contribution in [3.05, 3.63) is 50.4 Å². The number of nitrogens with zero attached hydrogens (tertiary/aromatic N) is 2. The highest BCUT2D eigenvalue weighted by molar-refractivity contribution is 5.70.